The lowest BCUT2D eigenvalue weighted by atomic mass is 10.1. The van der Waals surface area contributed by atoms with E-state index in [1.165, 1.54) is 0 Å². The number of benzene rings is 1. The molecule has 0 bridgehead atoms. The summed E-state index contributed by atoms with van der Waals surface area (Å²) in [6, 6.07) is 6.90. The molecule has 1 atom stereocenters. The molecule has 1 rings (SSSR count). The Morgan fingerprint density at radius 3 is 2.41 bits per heavy atom. The molecule has 0 aliphatic carbocycles. The van der Waals surface area contributed by atoms with E-state index in [9.17, 15) is 9.59 Å². The standard InChI is InChI=1S/C12H14BrNO3/c1-2-8(12(16)17)7-14-11(15)9-3-5-10(13)6-4-9/h3-6,8H,2,7H2,1H3,(H,14,15)(H,16,17). The third-order valence-electron chi connectivity index (χ3n) is 2.46. The highest BCUT2D eigenvalue weighted by atomic mass is 79.9. The molecule has 0 aliphatic heterocycles. The number of aliphatic carboxylic acids is 1. The second-order valence-electron chi connectivity index (χ2n) is 3.66. The molecule has 0 saturated carbocycles. The normalized spacial score (nSPS) is 11.9. The summed E-state index contributed by atoms with van der Waals surface area (Å²) in [5.74, 6) is -1.67. The monoisotopic (exact) mass is 299 g/mol. The Balaban J connectivity index is 2.55. The fourth-order valence-electron chi connectivity index (χ4n) is 1.33. The first-order valence-corrected chi connectivity index (χ1v) is 6.10. The number of carboxylic acid groups (broad SMARTS) is 1. The number of carbonyl (C=O) groups excluding carboxylic acids is 1. The second kappa shape index (κ2) is 6.39. The van der Waals surface area contributed by atoms with Crippen molar-refractivity contribution in [1.29, 1.82) is 0 Å². The van der Waals surface area contributed by atoms with Gasteiger partial charge in [0.25, 0.3) is 5.91 Å². The van der Waals surface area contributed by atoms with Gasteiger partial charge in [-0.15, -0.1) is 0 Å². The fourth-order valence-corrected chi connectivity index (χ4v) is 1.59. The summed E-state index contributed by atoms with van der Waals surface area (Å²) in [5.41, 5.74) is 0.522. The van der Waals surface area contributed by atoms with E-state index in [-0.39, 0.29) is 12.5 Å². The van der Waals surface area contributed by atoms with Crippen LogP contribution in [0.5, 0.6) is 0 Å². The van der Waals surface area contributed by atoms with Crippen LogP contribution in [0.2, 0.25) is 0 Å². The summed E-state index contributed by atoms with van der Waals surface area (Å²) < 4.78 is 0.894. The molecule has 1 amide bonds. The molecular weight excluding hydrogens is 286 g/mol. The highest BCUT2D eigenvalue weighted by molar-refractivity contribution is 9.10. The van der Waals surface area contributed by atoms with Gasteiger partial charge in [-0.3, -0.25) is 9.59 Å². The number of carboxylic acids is 1. The molecule has 0 radical (unpaired) electrons. The number of nitrogens with one attached hydrogen (secondary N) is 1. The van der Waals surface area contributed by atoms with Crippen molar-refractivity contribution in [2.75, 3.05) is 6.54 Å². The van der Waals surface area contributed by atoms with Gasteiger partial charge in [-0.25, -0.2) is 0 Å². The molecule has 5 heteroatoms. The molecule has 2 N–H and O–H groups in total. The molecule has 1 aromatic rings. The summed E-state index contributed by atoms with van der Waals surface area (Å²) in [6.07, 6.45) is 0.496. The summed E-state index contributed by atoms with van der Waals surface area (Å²) in [7, 11) is 0. The van der Waals surface area contributed by atoms with Gasteiger partial charge in [0.2, 0.25) is 0 Å². The van der Waals surface area contributed by atoms with Crippen LogP contribution < -0.4 is 5.32 Å². The predicted molar refractivity (Wildman–Crippen MR) is 67.9 cm³/mol. The van der Waals surface area contributed by atoms with Crippen molar-refractivity contribution in [1.82, 2.24) is 5.32 Å². The van der Waals surface area contributed by atoms with Gasteiger partial charge in [0.1, 0.15) is 0 Å². The molecule has 0 aromatic heterocycles. The van der Waals surface area contributed by atoms with Gasteiger partial charge in [-0.1, -0.05) is 22.9 Å². The lowest BCUT2D eigenvalue weighted by molar-refractivity contribution is -0.141. The van der Waals surface area contributed by atoms with Gasteiger partial charge in [-0.2, -0.15) is 0 Å². The number of rotatable bonds is 5. The molecular formula is C12H14BrNO3. The third kappa shape index (κ3) is 4.19. The van der Waals surface area contributed by atoms with Crippen LogP contribution in [-0.2, 0) is 4.79 Å². The zero-order chi connectivity index (χ0) is 12.8. The van der Waals surface area contributed by atoms with Gasteiger partial charge in [-0.05, 0) is 30.7 Å². The quantitative estimate of drug-likeness (QED) is 0.877. The maximum absolute atomic E-state index is 11.7. The van der Waals surface area contributed by atoms with Crippen LogP contribution in [0, 0.1) is 5.92 Å². The molecule has 17 heavy (non-hydrogen) atoms. The molecule has 92 valence electrons. The van der Waals surface area contributed by atoms with Crippen molar-refractivity contribution >= 4 is 27.8 Å². The molecule has 0 saturated heterocycles. The first kappa shape index (κ1) is 13.7. The van der Waals surface area contributed by atoms with Crippen LogP contribution in [0.1, 0.15) is 23.7 Å². The van der Waals surface area contributed by atoms with Crippen molar-refractivity contribution in [3.8, 4) is 0 Å². The fraction of sp³-hybridized carbons (Fsp3) is 0.333. The van der Waals surface area contributed by atoms with Crippen LogP contribution in [0.3, 0.4) is 0 Å². The van der Waals surface area contributed by atoms with Gasteiger partial charge < -0.3 is 10.4 Å². The Hall–Kier alpha value is -1.36. The highest BCUT2D eigenvalue weighted by Crippen LogP contribution is 2.10. The molecule has 1 aromatic carbocycles. The largest absolute Gasteiger partial charge is 0.481 e. The molecule has 4 nitrogen and oxygen atoms in total. The zero-order valence-corrected chi connectivity index (χ0v) is 11.0. The van der Waals surface area contributed by atoms with E-state index in [2.05, 4.69) is 21.2 Å². The number of carbonyl (C=O) groups is 2. The summed E-state index contributed by atoms with van der Waals surface area (Å²) in [5, 5.41) is 11.5. The first-order valence-electron chi connectivity index (χ1n) is 5.31. The Bertz CT molecular complexity index is 403. The van der Waals surface area contributed by atoms with Crippen molar-refractivity contribution in [3.05, 3.63) is 34.3 Å². The Morgan fingerprint density at radius 2 is 1.94 bits per heavy atom. The average Bonchev–Trinajstić information content (AvgIpc) is 2.30. The molecule has 0 aliphatic rings. The predicted octanol–water partition coefficient (Wildman–Crippen LogP) is 2.29. The minimum atomic E-state index is -0.886. The number of halogens is 1. The van der Waals surface area contributed by atoms with Crippen LogP contribution in [-0.4, -0.2) is 23.5 Å². The maximum Gasteiger partial charge on any atom is 0.308 e. The van der Waals surface area contributed by atoms with E-state index in [0.29, 0.717) is 12.0 Å². The third-order valence-corrected chi connectivity index (χ3v) is 2.99. The molecule has 0 spiro atoms. The van der Waals surface area contributed by atoms with Crippen LogP contribution in [0.15, 0.2) is 28.7 Å². The number of amides is 1. The Morgan fingerprint density at radius 1 is 1.35 bits per heavy atom. The first-order chi connectivity index (χ1) is 8.04. The SMILES string of the molecule is CCC(CNC(=O)c1ccc(Br)cc1)C(=O)O. The smallest absolute Gasteiger partial charge is 0.308 e. The van der Waals surface area contributed by atoms with Crippen molar-refractivity contribution in [2.45, 2.75) is 13.3 Å². The van der Waals surface area contributed by atoms with Gasteiger partial charge in [0.15, 0.2) is 0 Å². The summed E-state index contributed by atoms with van der Waals surface area (Å²) >= 11 is 3.28. The van der Waals surface area contributed by atoms with E-state index in [0.717, 1.165) is 4.47 Å². The van der Waals surface area contributed by atoms with Crippen LogP contribution >= 0.6 is 15.9 Å². The number of hydrogen-bond donors (Lipinski definition) is 2. The van der Waals surface area contributed by atoms with Crippen LogP contribution in [0.4, 0.5) is 0 Å². The Labute approximate surface area is 108 Å². The lowest BCUT2D eigenvalue weighted by Gasteiger charge is -2.11. The second-order valence-corrected chi connectivity index (χ2v) is 4.58. The molecule has 0 heterocycles. The topological polar surface area (TPSA) is 66.4 Å². The van der Waals surface area contributed by atoms with Crippen molar-refractivity contribution < 1.29 is 14.7 Å². The van der Waals surface area contributed by atoms with E-state index >= 15 is 0 Å². The van der Waals surface area contributed by atoms with Crippen LogP contribution in [0.25, 0.3) is 0 Å². The van der Waals surface area contributed by atoms with Crippen molar-refractivity contribution in [2.24, 2.45) is 5.92 Å². The van der Waals surface area contributed by atoms with Gasteiger partial charge in [0.05, 0.1) is 5.92 Å². The lowest BCUT2D eigenvalue weighted by Crippen LogP contribution is -2.32. The van der Waals surface area contributed by atoms with Crippen molar-refractivity contribution in [3.63, 3.8) is 0 Å². The Kier molecular flexibility index (Phi) is 5.15. The average molecular weight is 300 g/mol. The number of hydrogen-bond acceptors (Lipinski definition) is 2. The highest BCUT2D eigenvalue weighted by Gasteiger charge is 2.16. The molecule has 0 fully saturated rings. The minimum Gasteiger partial charge on any atom is -0.481 e. The van der Waals surface area contributed by atoms with E-state index in [1.54, 1.807) is 31.2 Å². The zero-order valence-electron chi connectivity index (χ0n) is 9.44. The van der Waals surface area contributed by atoms with E-state index in [1.807, 2.05) is 0 Å². The van der Waals surface area contributed by atoms with E-state index < -0.39 is 11.9 Å². The molecule has 1 unspecified atom stereocenters. The minimum absolute atomic E-state index is 0.154. The maximum atomic E-state index is 11.7. The summed E-state index contributed by atoms with van der Waals surface area (Å²) in [6.45, 7) is 1.94. The van der Waals surface area contributed by atoms with E-state index in [4.69, 9.17) is 5.11 Å². The van der Waals surface area contributed by atoms with Gasteiger partial charge >= 0.3 is 5.97 Å². The summed E-state index contributed by atoms with van der Waals surface area (Å²) in [4.78, 5) is 22.4. The van der Waals surface area contributed by atoms with Gasteiger partial charge in [0, 0.05) is 16.6 Å².